The van der Waals surface area contributed by atoms with Gasteiger partial charge in [0.05, 0.1) is 5.37 Å². The molecule has 1 amide bonds. The average Bonchev–Trinajstić information content (AvgIpc) is 2.76. The van der Waals surface area contributed by atoms with Crippen molar-refractivity contribution in [3.63, 3.8) is 0 Å². The lowest BCUT2D eigenvalue weighted by Crippen LogP contribution is -2.31. The first-order valence-corrected chi connectivity index (χ1v) is 6.68. The van der Waals surface area contributed by atoms with Gasteiger partial charge in [-0.15, -0.1) is 11.8 Å². The van der Waals surface area contributed by atoms with E-state index in [0.29, 0.717) is 6.54 Å². The number of benzene rings is 1. The predicted octanol–water partition coefficient (Wildman–Crippen LogP) is 2.90. The molecule has 0 N–H and O–H groups in total. The summed E-state index contributed by atoms with van der Waals surface area (Å²) in [5.74, 6) is -0.316. The predicted molar refractivity (Wildman–Crippen MR) is 69.0 cm³/mol. The summed E-state index contributed by atoms with van der Waals surface area (Å²) in [4.78, 5) is 13.5. The third-order valence-electron chi connectivity index (χ3n) is 2.78. The molecule has 1 atom stereocenters. The van der Waals surface area contributed by atoms with E-state index in [0.717, 1.165) is 24.0 Å². The summed E-state index contributed by atoms with van der Waals surface area (Å²) >= 11 is 1.70. The van der Waals surface area contributed by atoms with E-state index < -0.39 is 11.6 Å². The molecule has 0 aliphatic carbocycles. The van der Waals surface area contributed by atoms with Crippen LogP contribution in [0.3, 0.4) is 0 Å². The Bertz CT molecular complexity index is 490. The van der Waals surface area contributed by atoms with Gasteiger partial charge in [0.15, 0.2) is 0 Å². The van der Waals surface area contributed by atoms with Crippen molar-refractivity contribution < 1.29 is 13.6 Å². The molecule has 0 aromatic heterocycles. The number of carbonyl (C=O) groups excluding carboxylic acids is 1. The zero-order valence-electron chi connectivity index (χ0n) is 9.90. The highest BCUT2D eigenvalue weighted by Crippen LogP contribution is 2.23. The summed E-state index contributed by atoms with van der Waals surface area (Å²) in [6, 6.07) is 3.17. The van der Waals surface area contributed by atoms with Crippen molar-refractivity contribution in [2.75, 3.05) is 12.3 Å². The molecule has 1 fully saturated rings. The normalized spacial score (nSPS) is 19.7. The van der Waals surface area contributed by atoms with Crippen molar-refractivity contribution in [1.29, 1.82) is 0 Å². The van der Waals surface area contributed by atoms with Gasteiger partial charge in [-0.3, -0.25) is 4.79 Å². The number of nitrogens with zero attached hydrogens (tertiary/aromatic N) is 1. The molecule has 0 saturated carbocycles. The Morgan fingerprint density at radius 3 is 2.94 bits per heavy atom. The SMILES string of the molecule is CC1SCCN1C(=O)/C=C/c1cc(F)ccc1F. The highest BCUT2D eigenvalue weighted by molar-refractivity contribution is 8.00. The second-order valence-corrected chi connectivity index (χ2v) is 5.42. The fourth-order valence-electron chi connectivity index (χ4n) is 1.78. The first-order valence-electron chi connectivity index (χ1n) is 5.63. The second kappa shape index (κ2) is 5.52. The molecule has 5 heteroatoms. The van der Waals surface area contributed by atoms with Crippen LogP contribution in [0, 0.1) is 11.6 Å². The van der Waals surface area contributed by atoms with Gasteiger partial charge in [-0.05, 0) is 31.2 Å². The van der Waals surface area contributed by atoms with E-state index in [-0.39, 0.29) is 16.8 Å². The molecule has 0 bridgehead atoms. The number of thioether (sulfide) groups is 1. The molecule has 1 unspecified atom stereocenters. The molecule has 1 aliphatic rings. The fourth-order valence-corrected chi connectivity index (χ4v) is 2.81. The quantitative estimate of drug-likeness (QED) is 0.769. The number of hydrogen-bond donors (Lipinski definition) is 0. The minimum Gasteiger partial charge on any atom is -0.327 e. The molecule has 2 rings (SSSR count). The van der Waals surface area contributed by atoms with Gasteiger partial charge in [0.2, 0.25) is 5.91 Å². The number of carbonyl (C=O) groups is 1. The van der Waals surface area contributed by atoms with E-state index in [1.807, 2.05) is 6.92 Å². The number of amides is 1. The first-order chi connectivity index (χ1) is 8.58. The van der Waals surface area contributed by atoms with Gasteiger partial charge in [-0.25, -0.2) is 8.78 Å². The topological polar surface area (TPSA) is 20.3 Å². The smallest absolute Gasteiger partial charge is 0.247 e. The Hall–Kier alpha value is -1.36. The zero-order chi connectivity index (χ0) is 13.1. The lowest BCUT2D eigenvalue weighted by atomic mass is 10.2. The maximum Gasteiger partial charge on any atom is 0.247 e. The third kappa shape index (κ3) is 2.90. The average molecular weight is 269 g/mol. The monoisotopic (exact) mass is 269 g/mol. The lowest BCUT2D eigenvalue weighted by Gasteiger charge is -2.18. The third-order valence-corrected chi connectivity index (χ3v) is 3.93. The van der Waals surface area contributed by atoms with Crippen molar-refractivity contribution in [2.24, 2.45) is 0 Å². The summed E-state index contributed by atoms with van der Waals surface area (Å²) in [6.07, 6.45) is 2.61. The van der Waals surface area contributed by atoms with Gasteiger partial charge in [-0.1, -0.05) is 0 Å². The van der Waals surface area contributed by atoms with Gasteiger partial charge >= 0.3 is 0 Å². The lowest BCUT2D eigenvalue weighted by molar-refractivity contribution is -0.125. The Labute approximate surface area is 109 Å². The van der Waals surface area contributed by atoms with Crippen LogP contribution in [-0.2, 0) is 4.79 Å². The van der Waals surface area contributed by atoms with Crippen molar-refractivity contribution in [3.05, 3.63) is 41.5 Å². The standard InChI is InChI=1S/C13H13F2NOS/c1-9-16(6-7-18-9)13(17)5-2-10-8-11(14)3-4-12(10)15/h2-5,8-9H,6-7H2,1H3/b5-2+. The number of rotatable bonds is 2. The summed E-state index contributed by atoms with van der Waals surface area (Å²) in [6.45, 7) is 2.65. The maximum absolute atomic E-state index is 13.3. The van der Waals surface area contributed by atoms with Crippen LogP contribution in [0.4, 0.5) is 8.78 Å². The van der Waals surface area contributed by atoms with Crippen LogP contribution in [0.1, 0.15) is 12.5 Å². The van der Waals surface area contributed by atoms with E-state index in [2.05, 4.69) is 0 Å². The molecule has 1 aromatic rings. The van der Waals surface area contributed by atoms with Crippen LogP contribution in [0.2, 0.25) is 0 Å². The van der Waals surface area contributed by atoms with Crippen LogP contribution in [0.25, 0.3) is 6.08 Å². The Morgan fingerprint density at radius 1 is 1.50 bits per heavy atom. The van der Waals surface area contributed by atoms with Crippen LogP contribution in [-0.4, -0.2) is 28.5 Å². The Morgan fingerprint density at radius 2 is 2.28 bits per heavy atom. The van der Waals surface area contributed by atoms with Crippen LogP contribution >= 0.6 is 11.8 Å². The van der Waals surface area contributed by atoms with Gasteiger partial charge < -0.3 is 4.90 Å². The number of halogens is 2. The highest BCUT2D eigenvalue weighted by Gasteiger charge is 2.23. The Balaban J connectivity index is 2.10. The van der Waals surface area contributed by atoms with Crippen LogP contribution in [0.15, 0.2) is 24.3 Å². The van der Waals surface area contributed by atoms with E-state index in [1.54, 1.807) is 16.7 Å². The maximum atomic E-state index is 13.3. The van der Waals surface area contributed by atoms with Crippen molar-refractivity contribution >= 4 is 23.7 Å². The van der Waals surface area contributed by atoms with Crippen molar-refractivity contribution in [2.45, 2.75) is 12.3 Å². The molecule has 2 nitrogen and oxygen atoms in total. The van der Waals surface area contributed by atoms with E-state index in [4.69, 9.17) is 0 Å². The van der Waals surface area contributed by atoms with Gasteiger partial charge in [0.25, 0.3) is 0 Å². The van der Waals surface area contributed by atoms with Crippen LogP contribution < -0.4 is 0 Å². The van der Waals surface area contributed by atoms with E-state index in [9.17, 15) is 13.6 Å². The molecule has 96 valence electrons. The molecule has 0 radical (unpaired) electrons. The molecule has 1 saturated heterocycles. The molecule has 1 aromatic carbocycles. The molecule has 1 aliphatic heterocycles. The molecule has 1 heterocycles. The summed E-state index contributed by atoms with van der Waals surface area (Å²) in [5, 5.41) is 0.138. The fraction of sp³-hybridized carbons (Fsp3) is 0.308. The van der Waals surface area contributed by atoms with Crippen molar-refractivity contribution in [3.8, 4) is 0 Å². The largest absolute Gasteiger partial charge is 0.327 e. The summed E-state index contributed by atoms with van der Waals surface area (Å²) < 4.78 is 26.3. The van der Waals surface area contributed by atoms with Crippen molar-refractivity contribution in [1.82, 2.24) is 4.90 Å². The van der Waals surface area contributed by atoms with E-state index in [1.165, 1.54) is 12.2 Å². The first kappa shape index (κ1) is 13.1. The number of hydrogen-bond acceptors (Lipinski definition) is 2. The minimum atomic E-state index is -0.538. The second-order valence-electron chi connectivity index (χ2n) is 4.00. The van der Waals surface area contributed by atoms with E-state index >= 15 is 0 Å². The minimum absolute atomic E-state index is 0.0860. The molecular weight excluding hydrogens is 256 g/mol. The van der Waals surface area contributed by atoms with Crippen LogP contribution in [0.5, 0.6) is 0 Å². The van der Waals surface area contributed by atoms with Gasteiger partial charge in [0, 0.05) is 23.9 Å². The summed E-state index contributed by atoms with van der Waals surface area (Å²) in [7, 11) is 0. The molecular formula is C13H13F2NOS. The van der Waals surface area contributed by atoms with Gasteiger partial charge in [-0.2, -0.15) is 0 Å². The zero-order valence-corrected chi connectivity index (χ0v) is 10.7. The molecule has 0 spiro atoms. The Kier molecular flexibility index (Phi) is 4.01. The van der Waals surface area contributed by atoms with Gasteiger partial charge in [0.1, 0.15) is 11.6 Å². The summed E-state index contributed by atoms with van der Waals surface area (Å²) in [5.41, 5.74) is 0.0860. The highest BCUT2D eigenvalue weighted by atomic mass is 32.2. The molecule has 18 heavy (non-hydrogen) atoms.